The monoisotopic (exact) mass is 357 g/mol. The van der Waals surface area contributed by atoms with Crippen molar-refractivity contribution in [2.75, 3.05) is 5.32 Å². The van der Waals surface area contributed by atoms with Crippen molar-refractivity contribution in [2.45, 2.75) is 26.7 Å². The van der Waals surface area contributed by atoms with Crippen LogP contribution in [0.15, 0.2) is 24.3 Å². The number of fused-ring (bicyclic) bond motifs is 1. The number of aryl methyl sites for hydroxylation is 2. The summed E-state index contributed by atoms with van der Waals surface area (Å²) in [5, 5.41) is 17.4. The lowest BCUT2D eigenvalue weighted by Gasteiger charge is -2.08. The molecule has 0 spiro atoms. The number of benzene rings is 1. The molecule has 3 rings (SSSR count). The number of carboxylic acid groups (broad SMARTS) is 1. The Balaban J connectivity index is 1.94. The third-order valence-corrected chi connectivity index (χ3v) is 5.24. The molecule has 0 saturated heterocycles. The van der Waals surface area contributed by atoms with Gasteiger partial charge in [0.05, 0.1) is 16.1 Å². The highest BCUT2D eigenvalue weighted by Gasteiger charge is 2.19. The van der Waals surface area contributed by atoms with E-state index in [0.717, 1.165) is 21.5 Å². The molecule has 7 heteroatoms. The SMILES string of the molecule is Cc1ccc(C(=O)O)cc1NC(=O)c1cc2c(C(C)C)nn(C)c2s1. The van der Waals surface area contributed by atoms with Gasteiger partial charge >= 0.3 is 5.97 Å². The zero-order valence-electron chi connectivity index (χ0n) is 14.5. The fraction of sp³-hybridized carbons (Fsp3) is 0.278. The van der Waals surface area contributed by atoms with Gasteiger partial charge in [0.1, 0.15) is 4.83 Å². The lowest BCUT2D eigenvalue weighted by Crippen LogP contribution is -2.12. The summed E-state index contributed by atoms with van der Waals surface area (Å²) in [5.74, 6) is -1.00. The molecule has 0 aliphatic heterocycles. The van der Waals surface area contributed by atoms with Crippen molar-refractivity contribution in [3.63, 3.8) is 0 Å². The average Bonchev–Trinajstić information content (AvgIpc) is 3.10. The number of aromatic carboxylic acids is 1. The topological polar surface area (TPSA) is 84.2 Å². The molecule has 6 nitrogen and oxygen atoms in total. The summed E-state index contributed by atoms with van der Waals surface area (Å²) < 4.78 is 1.79. The lowest BCUT2D eigenvalue weighted by atomic mass is 10.1. The third-order valence-electron chi connectivity index (χ3n) is 4.04. The molecule has 2 heterocycles. The van der Waals surface area contributed by atoms with Gasteiger partial charge in [0.25, 0.3) is 5.91 Å². The van der Waals surface area contributed by atoms with Gasteiger partial charge in [-0.15, -0.1) is 11.3 Å². The first-order valence-corrected chi connectivity index (χ1v) is 8.71. The first-order chi connectivity index (χ1) is 11.8. The van der Waals surface area contributed by atoms with E-state index in [4.69, 9.17) is 5.11 Å². The number of nitrogens with zero attached hydrogens (tertiary/aromatic N) is 2. The van der Waals surface area contributed by atoms with E-state index in [1.54, 1.807) is 10.7 Å². The van der Waals surface area contributed by atoms with Crippen LogP contribution in [0.2, 0.25) is 0 Å². The van der Waals surface area contributed by atoms with Crippen LogP contribution in [0, 0.1) is 6.92 Å². The van der Waals surface area contributed by atoms with Gasteiger partial charge in [-0.05, 0) is 36.6 Å². The molecule has 0 aliphatic rings. The van der Waals surface area contributed by atoms with Crippen molar-refractivity contribution in [3.8, 4) is 0 Å². The largest absolute Gasteiger partial charge is 0.478 e. The van der Waals surface area contributed by atoms with Crippen LogP contribution in [0.3, 0.4) is 0 Å². The predicted octanol–water partition coefficient (Wildman–Crippen LogP) is 4.02. The molecule has 0 saturated carbocycles. The molecule has 25 heavy (non-hydrogen) atoms. The molecule has 0 atom stereocenters. The summed E-state index contributed by atoms with van der Waals surface area (Å²) in [7, 11) is 1.87. The quantitative estimate of drug-likeness (QED) is 0.739. The van der Waals surface area contributed by atoms with E-state index < -0.39 is 5.97 Å². The van der Waals surface area contributed by atoms with E-state index in [2.05, 4.69) is 24.3 Å². The normalized spacial score (nSPS) is 11.2. The molecule has 0 unspecified atom stereocenters. The highest BCUT2D eigenvalue weighted by atomic mass is 32.1. The average molecular weight is 357 g/mol. The van der Waals surface area contributed by atoms with E-state index in [-0.39, 0.29) is 17.4 Å². The van der Waals surface area contributed by atoms with Crippen LogP contribution in [0.5, 0.6) is 0 Å². The Morgan fingerprint density at radius 3 is 2.64 bits per heavy atom. The maximum absolute atomic E-state index is 12.6. The summed E-state index contributed by atoms with van der Waals surface area (Å²) >= 11 is 1.38. The number of thiophene rings is 1. The molecule has 3 aromatic rings. The van der Waals surface area contributed by atoms with Crippen LogP contribution in [0.4, 0.5) is 5.69 Å². The third kappa shape index (κ3) is 3.15. The summed E-state index contributed by atoms with van der Waals surface area (Å²) in [5.41, 5.74) is 2.42. The zero-order chi connectivity index (χ0) is 18.3. The number of rotatable bonds is 4. The van der Waals surface area contributed by atoms with E-state index in [0.29, 0.717) is 10.6 Å². The highest BCUT2D eigenvalue weighted by molar-refractivity contribution is 7.20. The molecule has 130 valence electrons. The summed E-state index contributed by atoms with van der Waals surface area (Å²) in [6, 6.07) is 6.54. The number of aromatic nitrogens is 2. The van der Waals surface area contributed by atoms with Gasteiger partial charge in [-0.3, -0.25) is 9.48 Å². The molecule has 2 N–H and O–H groups in total. The van der Waals surface area contributed by atoms with Gasteiger partial charge in [0.15, 0.2) is 0 Å². The van der Waals surface area contributed by atoms with Crippen LogP contribution in [-0.2, 0) is 7.05 Å². The van der Waals surface area contributed by atoms with Gasteiger partial charge in [-0.25, -0.2) is 4.79 Å². The van der Waals surface area contributed by atoms with Crippen LogP contribution in [0.1, 0.15) is 51.1 Å². The van der Waals surface area contributed by atoms with Crippen LogP contribution < -0.4 is 5.32 Å². The second-order valence-electron chi connectivity index (χ2n) is 6.28. The van der Waals surface area contributed by atoms with Crippen molar-refractivity contribution in [1.82, 2.24) is 9.78 Å². The zero-order valence-corrected chi connectivity index (χ0v) is 15.3. The minimum atomic E-state index is -1.02. The van der Waals surface area contributed by atoms with E-state index in [1.807, 2.05) is 20.0 Å². The van der Waals surface area contributed by atoms with Gasteiger partial charge < -0.3 is 10.4 Å². The maximum atomic E-state index is 12.6. The second-order valence-corrected chi connectivity index (χ2v) is 7.31. The minimum Gasteiger partial charge on any atom is -0.478 e. The first-order valence-electron chi connectivity index (χ1n) is 7.89. The number of amides is 1. The Labute approximate surface area is 149 Å². The number of anilines is 1. The Kier molecular flexibility index (Phi) is 4.34. The summed E-state index contributed by atoms with van der Waals surface area (Å²) in [4.78, 5) is 25.3. The highest BCUT2D eigenvalue weighted by Crippen LogP contribution is 2.32. The Morgan fingerprint density at radius 1 is 1.28 bits per heavy atom. The van der Waals surface area contributed by atoms with Crippen molar-refractivity contribution in [1.29, 1.82) is 0 Å². The fourth-order valence-corrected chi connectivity index (χ4v) is 3.65. The molecule has 1 amide bonds. The lowest BCUT2D eigenvalue weighted by molar-refractivity contribution is 0.0696. The molecule has 1 aromatic carbocycles. The maximum Gasteiger partial charge on any atom is 0.335 e. The standard InChI is InChI=1S/C18H19N3O3S/c1-9(2)15-12-8-14(25-17(12)21(4)20-15)16(22)19-13-7-11(18(23)24)6-5-10(13)3/h5-9H,1-4H3,(H,19,22)(H,23,24). The fourth-order valence-electron chi connectivity index (χ4n) is 2.68. The molecule has 0 aliphatic carbocycles. The van der Waals surface area contributed by atoms with E-state index in [9.17, 15) is 9.59 Å². The smallest absolute Gasteiger partial charge is 0.335 e. The molecule has 0 bridgehead atoms. The molecule has 0 fully saturated rings. The summed E-state index contributed by atoms with van der Waals surface area (Å²) in [6.07, 6.45) is 0. The van der Waals surface area contributed by atoms with Gasteiger partial charge in [0, 0.05) is 18.1 Å². The van der Waals surface area contributed by atoms with Crippen LogP contribution in [0.25, 0.3) is 10.2 Å². The first kappa shape index (κ1) is 17.2. The van der Waals surface area contributed by atoms with Crippen molar-refractivity contribution >= 4 is 39.1 Å². The van der Waals surface area contributed by atoms with E-state index in [1.165, 1.54) is 23.5 Å². The predicted molar refractivity (Wildman–Crippen MR) is 98.8 cm³/mol. The molecular formula is C18H19N3O3S. The Morgan fingerprint density at radius 2 is 2.00 bits per heavy atom. The van der Waals surface area contributed by atoms with Gasteiger partial charge in [-0.2, -0.15) is 5.10 Å². The number of carbonyl (C=O) groups excluding carboxylic acids is 1. The number of hydrogen-bond acceptors (Lipinski definition) is 4. The van der Waals surface area contributed by atoms with Crippen LogP contribution in [-0.4, -0.2) is 26.8 Å². The van der Waals surface area contributed by atoms with Crippen molar-refractivity contribution in [2.24, 2.45) is 7.05 Å². The summed E-state index contributed by atoms with van der Waals surface area (Å²) in [6.45, 7) is 5.97. The molecule has 0 radical (unpaired) electrons. The second kappa shape index (κ2) is 6.33. The molecule has 2 aromatic heterocycles. The Hall–Kier alpha value is -2.67. The van der Waals surface area contributed by atoms with Crippen LogP contribution >= 0.6 is 11.3 Å². The number of hydrogen-bond donors (Lipinski definition) is 2. The van der Waals surface area contributed by atoms with E-state index >= 15 is 0 Å². The number of carbonyl (C=O) groups is 2. The molecular weight excluding hydrogens is 338 g/mol. The van der Waals surface area contributed by atoms with Crippen molar-refractivity contribution < 1.29 is 14.7 Å². The van der Waals surface area contributed by atoms with Crippen molar-refractivity contribution in [3.05, 3.63) is 46.0 Å². The van der Waals surface area contributed by atoms with Gasteiger partial charge in [-0.1, -0.05) is 19.9 Å². The Bertz CT molecular complexity index is 985. The number of nitrogens with one attached hydrogen (secondary N) is 1. The number of carboxylic acids is 1. The minimum absolute atomic E-state index is 0.142. The van der Waals surface area contributed by atoms with Gasteiger partial charge in [0.2, 0.25) is 0 Å².